The average molecular weight is 1650 g/mol. The largest absolute Gasteiger partial charge is 0.455 e. The molecule has 608 valence electrons. The number of benzene rings is 12. The summed E-state index contributed by atoms with van der Waals surface area (Å²) in [5.41, 5.74) is 21.5. The summed E-state index contributed by atoms with van der Waals surface area (Å²) in [6, 6.07) is 73.7. The molecule has 12 aromatic carbocycles. The monoisotopic (exact) mass is 1640 g/mol. The van der Waals surface area contributed by atoms with Gasteiger partial charge in [0.1, 0.15) is 72.9 Å². The molecular formula is C116H104N4O4+4. The van der Waals surface area contributed by atoms with Gasteiger partial charge in [-0.05, 0) is 225 Å². The van der Waals surface area contributed by atoms with Crippen LogP contribution in [-0.2, 0) is 49.9 Å². The van der Waals surface area contributed by atoms with Crippen LogP contribution in [0.5, 0.6) is 0 Å². The first-order chi connectivity index (χ1) is 70.6. The van der Waals surface area contributed by atoms with Crippen LogP contribution in [0.3, 0.4) is 0 Å². The van der Waals surface area contributed by atoms with Crippen molar-refractivity contribution in [3.63, 3.8) is 0 Å². The van der Waals surface area contributed by atoms with Gasteiger partial charge in [-0.25, -0.2) is 18.3 Å². The van der Waals surface area contributed by atoms with Crippen molar-refractivity contribution in [2.75, 3.05) is 0 Å². The van der Waals surface area contributed by atoms with E-state index in [1.165, 1.54) is 22.3 Å². The van der Waals surface area contributed by atoms with Crippen molar-refractivity contribution >= 4 is 87.8 Å². The van der Waals surface area contributed by atoms with Crippen LogP contribution in [0.1, 0.15) is 181 Å². The van der Waals surface area contributed by atoms with Gasteiger partial charge in [-0.2, -0.15) is 0 Å². The molecule has 8 heterocycles. The molecule has 0 fully saturated rings. The lowest BCUT2D eigenvalue weighted by molar-refractivity contribution is -0.660. The maximum Gasteiger partial charge on any atom is 0.216 e. The molecule has 0 spiro atoms. The molecule has 0 aliphatic heterocycles. The molecule has 0 saturated carbocycles. The topological polar surface area (TPSA) is 68.1 Å². The maximum absolute atomic E-state index is 8.50. The quantitative estimate of drug-likeness (QED) is 0.165. The zero-order chi connectivity index (χ0) is 108. The van der Waals surface area contributed by atoms with Crippen LogP contribution in [-0.4, -0.2) is 0 Å². The number of fused-ring (bicyclic) bond motifs is 26. The molecule has 0 N–H and O–H groups in total. The van der Waals surface area contributed by atoms with E-state index >= 15 is 0 Å². The van der Waals surface area contributed by atoms with Gasteiger partial charge in [0.15, 0.2) is 24.8 Å². The average Bonchev–Trinajstić information content (AvgIpc) is 1.51. The molecule has 0 saturated heterocycles. The summed E-state index contributed by atoms with van der Waals surface area (Å²) in [4.78, 5) is 0. The van der Waals surface area contributed by atoms with Crippen LogP contribution in [0.4, 0.5) is 0 Å². The molecule has 0 radical (unpaired) electrons. The van der Waals surface area contributed by atoms with Crippen molar-refractivity contribution in [3.05, 3.63) is 356 Å². The molecule has 20 aromatic rings. The normalized spacial score (nSPS) is 19.1. The fourth-order valence-corrected chi connectivity index (χ4v) is 20.3. The molecule has 8 heteroatoms. The van der Waals surface area contributed by atoms with E-state index in [0.717, 1.165) is 105 Å². The summed E-state index contributed by atoms with van der Waals surface area (Å²) in [7, 11) is 7.48. The number of furan rings is 4. The number of rotatable bonds is 4. The summed E-state index contributed by atoms with van der Waals surface area (Å²) in [6.45, 7) is -8.48. The highest BCUT2D eigenvalue weighted by atomic mass is 16.3. The van der Waals surface area contributed by atoms with E-state index < -0.39 is 77.9 Å². The molecule has 24 rings (SSSR count). The van der Waals surface area contributed by atoms with E-state index in [-0.39, 0.29) is 44.4 Å². The lowest BCUT2D eigenvalue weighted by Crippen LogP contribution is -2.30. The standard InChI is InChI=1S/4C29H26NO/c1-17-12-13-30(5)25(14-17)27-18(2)10-11-20-22-15-24-21(16-26(22)31-28(20)27)19-8-6-7-9-23(19)29(24,3)4;1-17-12-13-30(5)25(14-17)27-18(2)10-11-20-22-15-21-19-8-6-7-9-23(19)29(3,4)24(21)16-26(22)31-28(20)27;1-17-14-15-30(5)23(16-17)25-18(2)10-11-21-26-24(31-28(21)25)13-12-20-19-8-6-7-9-22(19)29(3,4)27(20)26;1-17-14-15-30(5)23(16-17)25-18(2)10-11-20-27-24(31-28(20)25)13-12-22-26(27)19-8-6-7-9-21(19)29(22,3)4/h4*6-16H,1-5H3/q4*+1/i1D3,3D3;1D3,3D3,4D3;1D3;1D3,3D3,4D3. The van der Waals surface area contributed by atoms with Crippen molar-refractivity contribution in [1.82, 2.24) is 0 Å². The second-order valence-electron chi connectivity index (χ2n) is 34.5. The minimum absolute atomic E-state index is 0.154. The Balaban J connectivity index is 0.000000118. The van der Waals surface area contributed by atoms with Crippen LogP contribution < -0.4 is 18.3 Å². The van der Waals surface area contributed by atoms with E-state index in [4.69, 9.17) is 54.7 Å². The molecule has 124 heavy (non-hydrogen) atoms. The third kappa shape index (κ3) is 11.6. The minimum Gasteiger partial charge on any atom is -0.455 e. The van der Waals surface area contributed by atoms with Gasteiger partial charge in [-0.1, -0.05) is 213 Å². The Bertz CT molecular complexity index is 9130. The third-order valence-corrected chi connectivity index (χ3v) is 26.5. The maximum atomic E-state index is 8.50. The molecular weight excluding hydrogens is 1510 g/mol. The Morgan fingerprint density at radius 1 is 0.250 bits per heavy atom. The Morgan fingerprint density at radius 2 is 0.597 bits per heavy atom. The number of hydrogen-bond acceptors (Lipinski definition) is 4. The second-order valence-corrected chi connectivity index (χ2v) is 34.5. The summed E-state index contributed by atoms with van der Waals surface area (Å²) in [5, 5.41) is 6.70. The fourth-order valence-electron chi connectivity index (χ4n) is 20.3. The van der Waals surface area contributed by atoms with Crippen LogP contribution in [0.25, 0.3) is 177 Å². The van der Waals surface area contributed by atoms with E-state index in [9.17, 15) is 0 Å². The predicted molar refractivity (Wildman–Crippen MR) is 509 cm³/mol. The SMILES string of the molecule is [2H]C([2H])([2H])c1cc[n+](C)c(-c2c(C)ccc3c2oc2cc4c(cc23)-c2ccccc2C4(C([2H])([2H])[2H])C([2H])([2H])[2H])c1.[2H]C([2H])([2H])c1cc[n+](C)c(-c2c(C)ccc3c2oc2cc4c(cc23)C(C)(C([2H])([2H])[2H])c2ccccc2-4)c1.[2H]C([2H])([2H])c1cc[n+](C)c(-c2c(C)ccc3c2oc2ccc4c(c23)-c2ccccc2C4(C([2H])([2H])[2H])C([2H])([2H])[2H])c1.[2H]C([2H])([2H])c1cc[n+](C)c(-c2c(C)ccc3c2oc2ccc4c(c23)C(C)(C)c2ccccc2-4)c1. The fraction of sp³-hybridized carbons (Fsp3) is 0.207. The summed E-state index contributed by atoms with van der Waals surface area (Å²) < 4.78 is 255. The number of aromatic nitrogens is 4. The van der Waals surface area contributed by atoms with Crippen LogP contribution in [0, 0.1) is 55.1 Å². The molecule has 8 aromatic heterocycles. The lowest BCUT2D eigenvalue weighted by Gasteiger charge is -2.22. The lowest BCUT2D eigenvalue weighted by atomic mass is 9.80. The first-order valence-electron chi connectivity index (χ1n) is 55.0. The highest BCUT2D eigenvalue weighted by Gasteiger charge is 2.43. The molecule has 4 aliphatic carbocycles. The minimum atomic E-state index is -2.87. The first kappa shape index (κ1) is 53.4. The van der Waals surface area contributed by atoms with E-state index in [0.29, 0.717) is 100.0 Å². The Labute approximate surface area is 763 Å². The number of aryl methyl sites for hydroxylation is 12. The molecule has 4 aliphatic rings. The van der Waals surface area contributed by atoms with Gasteiger partial charge in [-0.15, -0.1) is 0 Å². The summed E-state index contributed by atoms with van der Waals surface area (Å²) >= 11 is 0. The Kier molecular flexibility index (Phi) is 12.0. The van der Waals surface area contributed by atoms with Crippen molar-refractivity contribution < 1.29 is 72.9 Å². The first-order valence-corrected chi connectivity index (χ1v) is 41.5. The Morgan fingerprint density at radius 3 is 1.06 bits per heavy atom. The highest BCUT2D eigenvalue weighted by Crippen LogP contribution is 2.58. The van der Waals surface area contributed by atoms with Gasteiger partial charge >= 0.3 is 0 Å². The van der Waals surface area contributed by atoms with E-state index in [1.807, 2.05) is 159 Å². The predicted octanol–water partition coefficient (Wildman–Crippen LogP) is 28.0. The molecule has 1 unspecified atom stereocenters. The van der Waals surface area contributed by atoms with Gasteiger partial charge in [0.2, 0.25) is 22.8 Å². The zero-order valence-electron chi connectivity index (χ0n) is 97.3. The van der Waals surface area contributed by atoms with Crippen molar-refractivity contribution in [3.8, 4) is 89.5 Å². The second kappa shape index (κ2) is 28.0. The summed E-state index contributed by atoms with van der Waals surface area (Å²) in [6.07, 6.45) is 6.97. The molecule has 8 nitrogen and oxygen atoms in total. The van der Waals surface area contributed by atoms with Gasteiger partial charge in [-0.3, -0.25) is 0 Å². The zero-order valence-corrected chi connectivity index (χ0v) is 70.3. The van der Waals surface area contributed by atoms with Gasteiger partial charge in [0.25, 0.3) is 0 Å². The van der Waals surface area contributed by atoms with Gasteiger partial charge < -0.3 is 17.7 Å². The number of pyridine rings is 4. The van der Waals surface area contributed by atoms with Crippen molar-refractivity contribution in [2.24, 2.45) is 28.2 Å². The van der Waals surface area contributed by atoms with Crippen LogP contribution in [0.15, 0.2) is 285 Å². The number of hydrogen-bond donors (Lipinski definition) is 0. The smallest absolute Gasteiger partial charge is 0.216 e. The molecule has 1 atom stereocenters. The van der Waals surface area contributed by atoms with Crippen LogP contribution in [0.2, 0.25) is 0 Å². The van der Waals surface area contributed by atoms with Gasteiger partial charge in [0, 0.05) is 150 Å². The Hall–Kier alpha value is -13.6. The molecule has 0 bridgehead atoms. The number of nitrogens with zero attached hydrogens (tertiary/aromatic N) is 4. The third-order valence-electron chi connectivity index (χ3n) is 26.5. The van der Waals surface area contributed by atoms with E-state index in [1.54, 1.807) is 141 Å². The highest BCUT2D eigenvalue weighted by molar-refractivity contribution is 6.19. The van der Waals surface area contributed by atoms with E-state index in [2.05, 4.69) is 62.4 Å². The van der Waals surface area contributed by atoms with Crippen molar-refractivity contribution in [1.29, 1.82) is 0 Å². The van der Waals surface area contributed by atoms with Crippen LogP contribution >= 0.6 is 0 Å². The van der Waals surface area contributed by atoms with Gasteiger partial charge in [0.05, 0.1) is 22.3 Å². The molecule has 0 amide bonds. The van der Waals surface area contributed by atoms with Crippen molar-refractivity contribution in [2.45, 2.75) is 132 Å². The summed E-state index contributed by atoms with van der Waals surface area (Å²) in [5.74, 6) is 0.